The van der Waals surface area contributed by atoms with Crippen molar-refractivity contribution >= 4 is 17.6 Å². The lowest BCUT2D eigenvalue weighted by Crippen LogP contribution is -3.10. The van der Waals surface area contributed by atoms with Gasteiger partial charge < -0.3 is 20.4 Å². The van der Waals surface area contributed by atoms with Crippen molar-refractivity contribution in [1.82, 2.24) is 10.6 Å². The van der Waals surface area contributed by atoms with Gasteiger partial charge in [-0.3, -0.25) is 4.79 Å². The van der Waals surface area contributed by atoms with Gasteiger partial charge in [-0.15, -0.1) is 0 Å². The largest absolute Gasteiger partial charge is 0.338 e. The third-order valence-electron chi connectivity index (χ3n) is 4.88. The second-order valence-corrected chi connectivity index (χ2v) is 6.85. The zero-order valence-corrected chi connectivity index (χ0v) is 14.4. The zero-order valence-electron chi connectivity index (χ0n) is 14.4. The lowest BCUT2D eigenvalue weighted by atomic mass is 10.2. The molecule has 0 saturated carbocycles. The fourth-order valence-corrected chi connectivity index (χ4v) is 3.60. The summed E-state index contributed by atoms with van der Waals surface area (Å²) in [5.41, 5.74) is 0.531. The number of rotatable bonds is 6. The lowest BCUT2D eigenvalue weighted by molar-refractivity contribution is -0.887. The molecule has 2 saturated heterocycles. The van der Waals surface area contributed by atoms with Crippen LogP contribution in [0, 0.1) is 5.82 Å². The highest BCUT2D eigenvalue weighted by atomic mass is 19.1. The van der Waals surface area contributed by atoms with Gasteiger partial charge in [-0.25, -0.2) is 9.18 Å². The molecule has 3 N–H and O–H groups in total. The minimum absolute atomic E-state index is 0.103. The van der Waals surface area contributed by atoms with E-state index in [1.807, 2.05) is 0 Å². The van der Waals surface area contributed by atoms with E-state index >= 15 is 0 Å². The Hall–Kier alpha value is -2.15. The van der Waals surface area contributed by atoms with E-state index in [4.69, 9.17) is 0 Å². The molecule has 0 spiro atoms. The van der Waals surface area contributed by atoms with Crippen molar-refractivity contribution in [2.45, 2.75) is 31.7 Å². The van der Waals surface area contributed by atoms with E-state index in [2.05, 4.69) is 10.6 Å². The van der Waals surface area contributed by atoms with Crippen LogP contribution in [0.2, 0.25) is 0 Å². The van der Waals surface area contributed by atoms with Gasteiger partial charge in [-0.05, 0) is 18.2 Å². The number of hydrogen-bond donors (Lipinski definition) is 3. The van der Waals surface area contributed by atoms with Crippen LogP contribution in [0.15, 0.2) is 24.3 Å². The fraction of sp³-hybridized carbons (Fsp3) is 0.556. The average Bonchev–Trinajstić information content (AvgIpc) is 3.21. The Morgan fingerprint density at radius 2 is 2.12 bits per heavy atom. The fourth-order valence-electron chi connectivity index (χ4n) is 3.60. The monoisotopic (exact) mass is 349 g/mol. The number of carbonyl (C=O) groups excluding carboxylic acids is 2. The first-order valence-corrected chi connectivity index (χ1v) is 9.05. The summed E-state index contributed by atoms with van der Waals surface area (Å²) in [4.78, 5) is 27.2. The SMILES string of the molecule is O=C(NCCC[NH+]1CCCC1)N[C@H]1CC(=O)N(c2cccc(F)c2)C1. The molecule has 2 aliphatic rings. The number of nitrogens with one attached hydrogen (secondary N) is 3. The summed E-state index contributed by atoms with van der Waals surface area (Å²) in [5.74, 6) is -0.479. The molecule has 0 bridgehead atoms. The van der Waals surface area contributed by atoms with Gasteiger partial charge in [0, 0.05) is 44.5 Å². The van der Waals surface area contributed by atoms with E-state index in [-0.39, 0.29) is 30.2 Å². The van der Waals surface area contributed by atoms with Crippen LogP contribution < -0.4 is 20.4 Å². The van der Waals surface area contributed by atoms with Crippen molar-refractivity contribution in [2.75, 3.05) is 37.6 Å². The van der Waals surface area contributed by atoms with Crippen LogP contribution in [0.5, 0.6) is 0 Å². The van der Waals surface area contributed by atoms with Gasteiger partial charge in [-0.1, -0.05) is 6.07 Å². The Balaban J connectivity index is 1.39. The first-order valence-electron chi connectivity index (χ1n) is 9.05. The topological polar surface area (TPSA) is 65.9 Å². The van der Waals surface area contributed by atoms with Crippen molar-refractivity contribution in [1.29, 1.82) is 0 Å². The van der Waals surface area contributed by atoms with Gasteiger partial charge in [0.05, 0.1) is 25.7 Å². The molecule has 136 valence electrons. The third-order valence-corrected chi connectivity index (χ3v) is 4.88. The molecule has 2 heterocycles. The Morgan fingerprint density at radius 3 is 2.88 bits per heavy atom. The third kappa shape index (κ3) is 4.92. The van der Waals surface area contributed by atoms with Crippen LogP contribution in [-0.4, -0.2) is 50.7 Å². The molecule has 7 heteroatoms. The molecule has 3 amide bonds. The number of nitrogens with zero attached hydrogens (tertiary/aromatic N) is 1. The number of anilines is 1. The highest BCUT2D eigenvalue weighted by Crippen LogP contribution is 2.22. The van der Waals surface area contributed by atoms with Crippen LogP contribution in [0.3, 0.4) is 0 Å². The molecular weight excluding hydrogens is 323 g/mol. The summed E-state index contributed by atoms with van der Waals surface area (Å²) in [6.07, 6.45) is 3.81. The van der Waals surface area contributed by atoms with Crippen LogP contribution in [0.25, 0.3) is 0 Å². The van der Waals surface area contributed by atoms with Crippen LogP contribution in [0.4, 0.5) is 14.9 Å². The van der Waals surface area contributed by atoms with Gasteiger partial charge in [0.2, 0.25) is 5.91 Å². The lowest BCUT2D eigenvalue weighted by Gasteiger charge is -2.17. The van der Waals surface area contributed by atoms with E-state index < -0.39 is 0 Å². The average molecular weight is 349 g/mol. The summed E-state index contributed by atoms with van der Waals surface area (Å²) >= 11 is 0. The zero-order chi connectivity index (χ0) is 17.6. The molecular formula is C18H26FN4O2+. The smallest absolute Gasteiger partial charge is 0.315 e. The van der Waals surface area contributed by atoms with E-state index in [0.717, 1.165) is 13.0 Å². The number of halogens is 1. The number of urea groups is 1. The van der Waals surface area contributed by atoms with E-state index in [1.54, 1.807) is 17.0 Å². The number of carbonyl (C=O) groups is 2. The van der Waals surface area contributed by atoms with Crippen LogP contribution in [-0.2, 0) is 4.79 Å². The van der Waals surface area contributed by atoms with Crippen molar-refractivity contribution < 1.29 is 18.9 Å². The first-order chi connectivity index (χ1) is 12.1. The van der Waals surface area contributed by atoms with Crippen LogP contribution in [0.1, 0.15) is 25.7 Å². The van der Waals surface area contributed by atoms with Crippen molar-refractivity contribution in [3.05, 3.63) is 30.1 Å². The van der Waals surface area contributed by atoms with Crippen molar-refractivity contribution in [3.8, 4) is 0 Å². The number of hydrogen-bond acceptors (Lipinski definition) is 2. The molecule has 1 atom stereocenters. The normalized spacial score (nSPS) is 20.9. The maximum absolute atomic E-state index is 13.3. The van der Waals surface area contributed by atoms with Gasteiger partial charge in [0.15, 0.2) is 0 Å². The predicted molar refractivity (Wildman–Crippen MR) is 93.1 cm³/mol. The van der Waals surface area contributed by atoms with Gasteiger partial charge >= 0.3 is 6.03 Å². The molecule has 0 unspecified atom stereocenters. The number of likely N-dealkylation sites (tertiary alicyclic amines) is 1. The minimum atomic E-state index is -0.375. The second-order valence-electron chi connectivity index (χ2n) is 6.85. The van der Waals surface area contributed by atoms with Crippen molar-refractivity contribution in [2.24, 2.45) is 0 Å². The van der Waals surface area contributed by atoms with E-state index in [9.17, 15) is 14.0 Å². The Kier molecular flexibility index (Phi) is 5.86. The maximum Gasteiger partial charge on any atom is 0.315 e. The highest BCUT2D eigenvalue weighted by Gasteiger charge is 2.31. The molecule has 25 heavy (non-hydrogen) atoms. The Morgan fingerprint density at radius 1 is 1.32 bits per heavy atom. The van der Waals surface area contributed by atoms with Crippen molar-refractivity contribution in [3.63, 3.8) is 0 Å². The maximum atomic E-state index is 13.3. The van der Waals surface area contributed by atoms with E-state index in [1.165, 1.54) is 43.0 Å². The summed E-state index contributed by atoms with van der Waals surface area (Å²) in [7, 11) is 0. The molecule has 3 rings (SSSR count). The molecule has 0 aliphatic carbocycles. The second kappa shape index (κ2) is 8.29. The predicted octanol–water partition coefficient (Wildman–Crippen LogP) is 0.299. The standard InChI is InChI=1S/C18H25FN4O2/c19-14-5-3-6-16(11-14)23-13-15(12-17(23)24)21-18(25)20-7-4-10-22-8-1-2-9-22/h3,5-6,11,15H,1-2,4,7-10,12-13H2,(H2,20,21,25)/p+1/t15-/m0/s1. The highest BCUT2D eigenvalue weighted by molar-refractivity contribution is 5.96. The van der Waals surface area contributed by atoms with Gasteiger partial charge in [-0.2, -0.15) is 0 Å². The molecule has 6 nitrogen and oxygen atoms in total. The van der Waals surface area contributed by atoms with Gasteiger partial charge in [0.1, 0.15) is 5.82 Å². The number of benzene rings is 1. The van der Waals surface area contributed by atoms with E-state index in [0.29, 0.717) is 18.8 Å². The quantitative estimate of drug-likeness (QED) is 0.647. The number of quaternary nitrogens is 1. The summed E-state index contributed by atoms with van der Waals surface area (Å²) in [6.45, 7) is 4.59. The molecule has 1 aromatic carbocycles. The Bertz CT molecular complexity index is 619. The first kappa shape index (κ1) is 17.7. The molecule has 1 aromatic rings. The molecule has 2 aliphatic heterocycles. The number of amides is 3. The van der Waals surface area contributed by atoms with Gasteiger partial charge in [0.25, 0.3) is 0 Å². The molecule has 0 aromatic heterocycles. The molecule has 0 radical (unpaired) electrons. The summed E-state index contributed by atoms with van der Waals surface area (Å²) in [5, 5.41) is 5.70. The summed E-state index contributed by atoms with van der Waals surface area (Å²) < 4.78 is 13.3. The van der Waals surface area contributed by atoms with Crippen LogP contribution >= 0.6 is 0 Å². The molecule has 2 fully saturated rings. The Labute approximate surface area is 147 Å². The minimum Gasteiger partial charge on any atom is -0.338 e. The summed E-state index contributed by atoms with van der Waals surface area (Å²) in [6, 6.07) is 5.46.